The van der Waals surface area contributed by atoms with Gasteiger partial charge in [0.1, 0.15) is 0 Å². The average Bonchev–Trinajstić information content (AvgIpc) is 2.90. The summed E-state index contributed by atoms with van der Waals surface area (Å²) in [5, 5.41) is 9.26. The number of carboxylic acid groups (broad SMARTS) is 1. The highest BCUT2D eigenvalue weighted by Gasteiger charge is 2.40. The predicted octanol–water partition coefficient (Wildman–Crippen LogP) is 3.00. The first-order chi connectivity index (χ1) is 10.5. The molecule has 0 radical (unpaired) electrons. The second-order valence-corrected chi connectivity index (χ2v) is 6.44. The zero-order valence-corrected chi connectivity index (χ0v) is 13.5. The lowest BCUT2D eigenvalue weighted by molar-refractivity contribution is -0.142. The molecule has 0 aromatic heterocycles. The lowest BCUT2D eigenvalue weighted by atomic mass is 9.84. The molecule has 1 aliphatic rings. The molecule has 1 saturated heterocycles. The SMILES string of the molecule is CCC(C)C(C(=O)N1C[C@@H](C)[C@H](C(=O)O)C1)c1ccccc1. The summed E-state index contributed by atoms with van der Waals surface area (Å²) in [6.45, 7) is 6.95. The number of hydrogen-bond donors (Lipinski definition) is 1. The molecule has 1 aliphatic heterocycles. The highest BCUT2D eigenvalue weighted by atomic mass is 16.4. The summed E-state index contributed by atoms with van der Waals surface area (Å²) in [5.41, 5.74) is 1.02. The minimum Gasteiger partial charge on any atom is -0.481 e. The Kier molecular flexibility index (Phi) is 5.22. The third-order valence-corrected chi connectivity index (χ3v) is 4.88. The Morgan fingerprint density at radius 2 is 1.91 bits per heavy atom. The maximum atomic E-state index is 13.0. The Morgan fingerprint density at radius 3 is 2.41 bits per heavy atom. The van der Waals surface area contributed by atoms with Crippen LogP contribution >= 0.6 is 0 Å². The first kappa shape index (κ1) is 16.5. The van der Waals surface area contributed by atoms with Crippen LogP contribution in [0.1, 0.15) is 38.7 Å². The fourth-order valence-electron chi connectivity index (χ4n) is 3.28. The van der Waals surface area contributed by atoms with Gasteiger partial charge in [-0.3, -0.25) is 9.59 Å². The van der Waals surface area contributed by atoms with Gasteiger partial charge in [-0.15, -0.1) is 0 Å². The number of likely N-dealkylation sites (tertiary alicyclic amines) is 1. The molecule has 1 heterocycles. The maximum absolute atomic E-state index is 13.0. The van der Waals surface area contributed by atoms with Crippen molar-refractivity contribution < 1.29 is 14.7 Å². The van der Waals surface area contributed by atoms with E-state index >= 15 is 0 Å². The van der Waals surface area contributed by atoms with Gasteiger partial charge in [0.2, 0.25) is 5.91 Å². The van der Waals surface area contributed by atoms with Crippen molar-refractivity contribution in [3.8, 4) is 0 Å². The van der Waals surface area contributed by atoms with Crippen molar-refractivity contribution in [3.63, 3.8) is 0 Å². The number of hydrogen-bond acceptors (Lipinski definition) is 2. The highest BCUT2D eigenvalue weighted by Crippen LogP contribution is 2.32. The van der Waals surface area contributed by atoms with Crippen LogP contribution < -0.4 is 0 Å². The maximum Gasteiger partial charge on any atom is 0.308 e. The van der Waals surface area contributed by atoms with Gasteiger partial charge in [0.25, 0.3) is 0 Å². The van der Waals surface area contributed by atoms with Crippen molar-refractivity contribution in [2.45, 2.75) is 33.1 Å². The summed E-state index contributed by atoms with van der Waals surface area (Å²) in [6.07, 6.45) is 0.914. The molecule has 4 atom stereocenters. The van der Waals surface area contributed by atoms with Gasteiger partial charge in [0, 0.05) is 13.1 Å². The van der Waals surface area contributed by atoms with Crippen LogP contribution in [0.4, 0.5) is 0 Å². The lowest BCUT2D eigenvalue weighted by Gasteiger charge is -2.28. The normalized spacial score (nSPS) is 24.0. The molecular formula is C18H25NO3. The Labute approximate surface area is 132 Å². The standard InChI is InChI=1S/C18H25NO3/c1-4-12(2)16(14-8-6-5-7-9-14)17(20)19-10-13(3)15(11-19)18(21)22/h5-9,12-13,15-16H,4,10-11H2,1-3H3,(H,21,22)/t12?,13-,15-,16?/m1/s1. The van der Waals surface area contributed by atoms with Crippen molar-refractivity contribution in [1.29, 1.82) is 0 Å². The number of benzene rings is 1. The molecule has 4 heteroatoms. The molecule has 22 heavy (non-hydrogen) atoms. The zero-order chi connectivity index (χ0) is 16.3. The van der Waals surface area contributed by atoms with E-state index in [2.05, 4.69) is 13.8 Å². The van der Waals surface area contributed by atoms with Crippen LogP contribution in [0, 0.1) is 17.8 Å². The number of amides is 1. The summed E-state index contributed by atoms with van der Waals surface area (Å²) in [6, 6.07) is 9.82. The first-order valence-corrected chi connectivity index (χ1v) is 8.02. The van der Waals surface area contributed by atoms with Crippen molar-refractivity contribution in [1.82, 2.24) is 4.90 Å². The second kappa shape index (κ2) is 6.95. The Bertz CT molecular complexity index is 528. The van der Waals surface area contributed by atoms with E-state index in [1.54, 1.807) is 4.90 Å². The van der Waals surface area contributed by atoms with E-state index in [1.165, 1.54) is 0 Å². The van der Waals surface area contributed by atoms with Crippen LogP contribution in [-0.2, 0) is 9.59 Å². The van der Waals surface area contributed by atoms with Crippen LogP contribution in [-0.4, -0.2) is 35.0 Å². The van der Waals surface area contributed by atoms with Gasteiger partial charge in [-0.25, -0.2) is 0 Å². The summed E-state index contributed by atoms with van der Waals surface area (Å²) < 4.78 is 0. The smallest absolute Gasteiger partial charge is 0.308 e. The molecule has 0 aliphatic carbocycles. The summed E-state index contributed by atoms with van der Waals surface area (Å²) in [5.74, 6) is -1.13. The molecular weight excluding hydrogens is 278 g/mol. The number of nitrogens with zero attached hydrogens (tertiary/aromatic N) is 1. The van der Waals surface area contributed by atoms with Crippen LogP contribution in [0.5, 0.6) is 0 Å². The summed E-state index contributed by atoms with van der Waals surface area (Å²) in [7, 11) is 0. The fourth-order valence-corrected chi connectivity index (χ4v) is 3.28. The number of carboxylic acids is 1. The van der Waals surface area contributed by atoms with Crippen LogP contribution in [0.15, 0.2) is 30.3 Å². The number of carbonyl (C=O) groups excluding carboxylic acids is 1. The lowest BCUT2D eigenvalue weighted by Crippen LogP contribution is -2.36. The largest absolute Gasteiger partial charge is 0.481 e. The molecule has 1 N–H and O–H groups in total. The highest BCUT2D eigenvalue weighted by molar-refractivity contribution is 5.85. The van der Waals surface area contributed by atoms with Crippen molar-refractivity contribution in [2.75, 3.05) is 13.1 Å². The molecule has 4 nitrogen and oxygen atoms in total. The average molecular weight is 303 g/mol. The minimum absolute atomic E-state index is 0.00908. The third-order valence-electron chi connectivity index (χ3n) is 4.88. The fraction of sp³-hybridized carbons (Fsp3) is 0.556. The van der Waals surface area contributed by atoms with Crippen molar-refractivity contribution >= 4 is 11.9 Å². The topological polar surface area (TPSA) is 57.6 Å². The molecule has 2 rings (SSSR count). The van der Waals surface area contributed by atoms with E-state index in [-0.39, 0.29) is 23.7 Å². The van der Waals surface area contributed by atoms with Crippen LogP contribution in [0.25, 0.3) is 0 Å². The summed E-state index contributed by atoms with van der Waals surface area (Å²) in [4.78, 5) is 26.0. The van der Waals surface area contributed by atoms with E-state index in [0.29, 0.717) is 13.1 Å². The molecule has 1 aromatic rings. The van der Waals surface area contributed by atoms with E-state index in [0.717, 1.165) is 12.0 Å². The molecule has 1 fully saturated rings. The predicted molar refractivity (Wildman–Crippen MR) is 85.5 cm³/mol. The second-order valence-electron chi connectivity index (χ2n) is 6.44. The van der Waals surface area contributed by atoms with Gasteiger partial charge in [-0.05, 0) is 17.4 Å². The van der Waals surface area contributed by atoms with Crippen molar-refractivity contribution in [3.05, 3.63) is 35.9 Å². The van der Waals surface area contributed by atoms with Gasteiger partial charge < -0.3 is 10.0 Å². The van der Waals surface area contributed by atoms with Gasteiger partial charge in [0.15, 0.2) is 0 Å². The molecule has 1 amide bonds. The summed E-state index contributed by atoms with van der Waals surface area (Å²) >= 11 is 0. The number of rotatable bonds is 5. The molecule has 1 aromatic carbocycles. The molecule has 120 valence electrons. The van der Waals surface area contributed by atoms with E-state index in [4.69, 9.17) is 0 Å². The van der Waals surface area contributed by atoms with E-state index in [9.17, 15) is 14.7 Å². The van der Waals surface area contributed by atoms with E-state index < -0.39 is 11.9 Å². The molecule has 0 saturated carbocycles. The van der Waals surface area contributed by atoms with Gasteiger partial charge in [-0.2, -0.15) is 0 Å². The van der Waals surface area contributed by atoms with Gasteiger partial charge in [-0.1, -0.05) is 57.5 Å². The van der Waals surface area contributed by atoms with Crippen molar-refractivity contribution in [2.24, 2.45) is 17.8 Å². The minimum atomic E-state index is -0.803. The Balaban J connectivity index is 2.22. The van der Waals surface area contributed by atoms with E-state index in [1.807, 2.05) is 37.3 Å². The first-order valence-electron chi connectivity index (χ1n) is 8.02. The molecule has 0 bridgehead atoms. The quantitative estimate of drug-likeness (QED) is 0.909. The third kappa shape index (κ3) is 3.32. The Morgan fingerprint density at radius 1 is 1.27 bits per heavy atom. The van der Waals surface area contributed by atoms with Crippen LogP contribution in [0.3, 0.4) is 0 Å². The monoisotopic (exact) mass is 303 g/mol. The number of carbonyl (C=O) groups is 2. The molecule has 0 spiro atoms. The number of aliphatic carboxylic acids is 1. The van der Waals surface area contributed by atoms with Crippen LogP contribution in [0.2, 0.25) is 0 Å². The Hall–Kier alpha value is -1.84. The molecule has 2 unspecified atom stereocenters. The van der Waals surface area contributed by atoms with Gasteiger partial charge >= 0.3 is 5.97 Å². The van der Waals surface area contributed by atoms with Gasteiger partial charge in [0.05, 0.1) is 11.8 Å². The zero-order valence-electron chi connectivity index (χ0n) is 13.5.